The Labute approximate surface area is 206 Å². The van der Waals surface area contributed by atoms with Crippen LogP contribution in [0.2, 0.25) is 0 Å². The Bertz CT molecular complexity index is 1420. The first-order valence-corrected chi connectivity index (χ1v) is 10.7. The number of hydrogen-bond acceptors (Lipinski definition) is 7. The number of ether oxygens (including phenoxy) is 1. The molecule has 3 rings (SSSR count). The number of phenolic OH excluding ortho intramolecular Hbond substituents is 1. The first kappa shape index (κ1) is 25.5. The van der Waals surface area contributed by atoms with E-state index in [2.05, 4.69) is 10.6 Å². The molecular formula is C26H22N4O6. The van der Waals surface area contributed by atoms with Gasteiger partial charge in [0.1, 0.15) is 17.2 Å². The van der Waals surface area contributed by atoms with E-state index in [1.54, 1.807) is 31.2 Å². The van der Waals surface area contributed by atoms with Crippen LogP contribution in [0.5, 0.6) is 11.5 Å². The predicted molar refractivity (Wildman–Crippen MR) is 133 cm³/mol. The molecule has 36 heavy (non-hydrogen) atoms. The normalized spacial score (nSPS) is 10.1. The molecule has 182 valence electrons. The summed E-state index contributed by atoms with van der Waals surface area (Å²) in [4.78, 5) is 36.6. The molecule has 0 fully saturated rings. The molecule has 0 saturated heterocycles. The zero-order valence-corrected chi connectivity index (χ0v) is 19.4. The van der Waals surface area contributed by atoms with Gasteiger partial charge in [0.25, 0.3) is 5.91 Å². The smallest absolute Gasteiger partial charge is 0.337 e. The Morgan fingerprint density at radius 1 is 1.00 bits per heavy atom. The number of hydrogen-bond donors (Lipinski definition) is 5. The Hall–Kier alpha value is -5.17. The topological polar surface area (TPSA) is 173 Å². The van der Waals surface area contributed by atoms with E-state index < -0.39 is 23.3 Å². The number of carboxylic acids is 1. The SMILES string of the molecule is CCC(=O)Nc1cc(C(=N)C(=O)Nc2ccc(C#N)cc2C(=O)O)c(O)cc1-c1ccccc1OC. The maximum Gasteiger partial charge on any atom is 0.337 e. The molecule has 0 spiro atoms. The van der Waals surface area contributed by atoms with Crippen LogP contribution >= 0.6 is 0 Å². The molecule has 0 atom stereocenters. The van der Waals surface area contributed by atoms with Gasteiger partial charge < -0.3 is 25.6 Å². The number of aromatic carboxylic acids is 1. The van der Waals surface area contributed by atoms with E-state index >= 15 is 0 Å². The monoisotopic (exact) mass is 486 g/mol. The van der Waals surface area contributed by atoms with Crippen molar-refractivity contribution in [1.29, 1.82) is 10.7 Å². The van der Waals surface area contributed by atoms with Crippen LogP contribution in [0.25, 0.3) is 11.1 Å². The number of phenols is 1. The summed E-state index contributed by atoms with van der Waals surface area (Å²) in [5.74, 6) is -2.64. The number of nitriles is 1. The number of carbonyl (C=O) groups excluding carboxylic acids is 2. The van der Waals surface area contributed by atoms with Crippen molar-refractivity contribution < 1.29 is 29.3 Å². The molecular weight excluding hydrogens is 464 g/mol. The molecule has 0 unspecified atom stereocenters. The molecule has 0 aliphatic heterocycles. The van der Waals surface area contributed by atoms with Crippen LogP contribution in [0, 0.1) is 16.7 Å². The van der Waals surface area contributed by atoms with E-state index in [9.17, 15) is 24.6 Å². The van der Waals surface area contributed by atoms with Crippen molar-refractivity contribution >= 4 is 34.9 Å². The lowest BCUT2D eigenvalue weighted by Crippen LogP contribution is -2.24. The number of methoxy groups -OCH3 is 1. The number of nitrogens with one attached hydrogen (secondary N) is 3. The number of amides is 2. The van der Waals surface area contributed by atoms with Gasteiger partial charge in [-0.15, -0.1) is 0 Å². The van der Waals surface area contributed by atoms with Crippen LogP contribution < -0.4 is 15.4 Å². The molecule has 0 bridgehead atoms. The van der Waals surface area contributed by atoms with Gasteiger partial charge in [-0.25, -0.2) is 4.79 Å². The minimum absolute atomic E-state index is 0.0846. The molecule has 0 radical (unpaired) electrons. The van der Waals surface area contributed by atoms with E-state index in [0.29, 0.717) is 16.9 Å². The third-order valence-electron chi connectivity index (χ3n) is 5.25. The highest BCUT2D eigenvalue weighted by molar-refractivity contribution is 6.48. The maximum absolute atomic E-state index is 12.8. The lowest BCUT2D eigenvalue weighted by molar-refractivity contribution is -0.116. The highest BCUT2D eigenvalue weighted by atomic mass is 16.5. The van der Waals surface area contributed by atoms with Gasteiger partial charge in [0.15, 0.2) is 0 Å². The first-order chi connectivity index (χ1) is 17.2. The number of nitrogens with zero attached hydrogens (tertiary/aromatic N) is 1. The maximum atomic E-state index is 12.8. The zero-order chi connectivity index (χ0) is 26.4. The highest BCUT2D eigenvalue weighted by Gasteiger charge is 2.23. The number of anilines is 2. The van der Waals surface area contributed by atoms with Crippen LogP contribution in [-0.2, 0) is 9.59 Å². The van der Waals surface area contributed by atoms with Crippen molar-refractivity contribution in [2.24, 2.45) is 0 Å². The van der Waals surface area contributed by atoms with Crippen LogP contribution in [0.4, 0.5) is 11.4 Å². The average molecular weight is 486 g/mol. The second-order valence-electron chi connectivity index (χ2n) is 7.52. The third-order valence-corrected chi connectivity index (χ3v) is 5.25. The number of carboxylic acid groups (broad SMARTS) is 1. The summed E-state index contributed by atoms with van der Waals surface area (Å²) in [6, 6.07) is 15.0. The summed E-state index contributed by atoms with van der Waals surface area (Å²) >= 11 is 0. The fourth-order valence-corrected chi connectivity index (χ4v) is 3.43. The molecule has 0 aromatic heterocycles. The number of carbonyl (C=O) groups is 3. The van der Waals surface area contributed by atoms with Gasteiger partial charge >= 0.3 is 5.97 Å². The molecule has 0 heterocycles. The van der Waals surface area contributed by atoms with Gasteiger partial charge in [0, 0.05) is 28.8 Å². The van der Waals surface area contributed by atoms with Gasteiger partial charge in [0.05, 0.1) is 30.0 Å². The largest absolute Gasteiger partial charge is 0.507 e. The summed E-state index contributed by atoms with van der Waals surface area (Å²) in [6.07, 6.45) is 0.163. The van der Waals surface area contributed by atoms with Crippen molar-refractivity contribution in [3.05, 3.63) is 71.3 Å². The summed E-state index contributed by atoms with van der Waals surface area (Å²) in [6.45, 7) is 1.66. The van der Waals surface area contributed by atoms with Gasteiger partial charge in [-0.3, -0.25) is 15.0 Å². The quantitative estimate of drug-likeness (QED) is 0.236. The molecule has 10 heteroatoms. The Morgan fingerprint density at radius 3 is 2.36 bits per heavy atom. The molecule has 0 aliphatic carbocycles. The Balaban J connectivity index is 2.04. The van der Waals surface area contributed by atoms with Crippen molar-refractivity contribution in [2.75, 3.05) is 17.7 Å². The van der Waals surface area contributed by atoms with Crippen LogP contribution in [-0.4, -0.2) is 40.8 Å². The van der Waals surface area contributed by atoms with Gasteiger partial charge in [-0.2, -0.15) is 5.26 Å². The standard InChI is InChI=1S/C26H22N4O6/c1-3-23(32)29-20-11-18(21(31)12-16(20)15-6-4-5-7-22(15)36-2)24(28)25(33)30-19-9-8-14(13-27)10-17(19)26(34)35/h4-12,28,31H,3H2,1-2H3,(H,29,32)(H,30,33)(H,34,35). The lowest BCUT2D eigenvalue weighted by Gasteiger charge is -2.17. The second kappa shape index (κ2) is 10.8. The van der Waals surface area contributed by atoms with E-state index in [4.69, 9.17) is 15.4 Å². The summed E-state index contributed by atoms with van der Waals surface area (Å²) in [5, 5.41) is 42.5. The fourth-order valence-electron chi connectivity index (χ4n) is 3.43. The van der Waals surface area contributed by atoms with Crippen molar-refractivity contribution in [2.45, 2.75) is 13.3 Å². The molecule has 5 N–H and O–H groups in total. The minimum Gasteiger partial charge on any atom is -0.507 e. The highest BCUT2D eigenvalue weighted by Crippen LogP contribution is 2.39. The van der Waals surface area contributed by atoms with Crippen molar-refractivity contribution in [3.8, 4) is 28.7 Å². The first-order valence-electron chi connectivity index (χ1n) is 10.7. The van der Waals surface area contributed by atoms with Crippen molar-refractivity contribution in [1.82, 2.24) is 0 Å². The molecule has 2 amide bonds. The fraction of sp³-hybridized carbons (Fsp3) is 0.115. The van der Waals surface area contributed by atoms with Gasteiger partial charge in [0.2, 0.25) is 5.91 Å². The number of rotatable bonds is 8. The van der Waals surface area contributed by atoms with Crippen molar-refractivity contribution in [3.63, 3.8) is 0 Å². The average Bonchev–Trinajstić information content (AvgIpc) is 2.88. The van der Waals surface area contributed by atoms with Crippen LogP contribution in [0.15, 0.2) is 54.6 Å². The lowest BCUT2D eigenvalue weighted by atomic mass is 9.97. The van der Waals surface area contributed by atoms with Crippen LogP contribution in [0.3, 0.4) is 0 Å². The van der Waals surface area contributed by atoms with E-state index in [1.807, 2.05) is 6.07 Å². The van der Waals surface area contributed by atoms with Gasteiger partial charge in [-0.05, 0) is 36.4 Å². The van der Waals surface area contributed by atoms with E-state index in [-0.39, 0.29) is 40.4 Å². The zero-order valence-electron chi connectivity index (χ0n) is 19.4. The summed E-state index contributed by atoms with van der Waals surface area (Å²) in [7, 11) is 1.48. The summed E-state index contributed by atoms with van der Waals surface area (Å²) in [5.41, 5.74) is -0.0305. The van der Waals surface area contributed by atoms with E-state index in [1.165, 1.54) is 31.4 Å². The Morgan fingerprint density at radius 2 is 1.72 bits per heavy atom. The third kappa shape index (κ3) is 5.31. The van der Waals surface area contributed by atoms with Crippen LogP contribution in [0.1, 0.15) is 34.8 Å². The number of aromatic hydroxyl groups is 1. The van der Waals surface area contributed by atoms with Gasteiger partial charge in [-0.1, -0.05) is 25.1 Å². The molecule has 10 nitrogen and oxygen atoms in total. The predicted octanol–water partition coefficient (Wildman–Crippen LogP) is 3.99. The number of benzene rings is 3. The molecule has 0 saturated carbocycles. The molecule has 3 aromatic rings. The summed E-state index contributed by atoms with van der Waals surface area (Å²) < 4.78 is 5.39. The second-order valence-corrected chi connectivity index (χ2v) is 7.52. The molecule has 0 aliphatic rings. The number of para-hydroxylation sites is 1. The molecule has 3 aromatic carbocycles. The Kier molecular flexibility index (Phi) is 7.66. The minimum atomic E-state index is -1.37. The van der Waals surface area contributed by atoms with E-state index in [0.717, 1.165) is 6.07 Å².